The maximum absolute atomic E-state index is 12.0. The second kappa shape index (κ2) is 5.14. The molecule has 6 rings (SSSR count). The van der Waals surface area contributed by atoms with Crippen LogP contribution < -0.4 is 0 Å². The molecule has 6 aliphatic rings. The van der Waals surface area contributed by atoms with Crippen molar-refractivity contribution in [2.75, 3.05) is 6.61 Å². The van der Waals surface area contributed by atoms with E-state index in [-0.39, 0.29) is 35.3 Å². The number of carbonyl (C=O) groups excluding carboxylic acids is 2. The molecular weight excluding hydrogens is 340 g/mol. The summed E-state index contributed by atoms with van der Waals surface area (Å²) < 4.78 is 6.03. The van der Waals surface area contributed by atoms with Crippen molar-refractivity contribution in [3.63, 3.8) is 0 Å². The normalized spacial score (nSPS) is 54.7. The van der Waals surface area contributed by atoms with E-state index in [1.165, 1.54) is 12.0 Å². The molecule has 0 bridgehead atoms. The molecule has 144 valence electrons. The van der Waals surface area contributed by atoms with Gasteiger partial charge in [-0.2, -0.15) is 0 Å². The summed E-state index contributed by atoms with van der Waals surface area (Å²) >= 11 is 0. The van der Waals surface area contributed by atoms with Crippen LogP contribution in [0.4, 0.5) is 0 Å². The highest BCUT2D eigenvalue weighted by Gasteiger charge is 2.78. The molecule has 1 heterocycles. The van der Waals surface area contributed by atoms with Gasteiger partial charge in [0.25, 0.3) is 0 Å². The number of fused-ring (bicyclic) bond motifs is 9. The number of rotatable bonds is 1. The summed E-state index contributed by atoms with van der Waals surface area (Å²) in [5, 5.41) is 10.1. The van der Waals surface area contributed by atoms with E-state index in [0.29, 0.717) is 41.9 Å². The number of hydrogen-bond donors (Lipinski definition) is 1. The standard InChI is InChI=1S/C23H28O4/c1-22-6-4-15-14-3-2-13(25)9-16(14)12(11-24)8-17(15)21(22)18-10-19(18)23(22)7-5-20(26)27-23/h5,7,9,12,14-15,17-19,21,24H,2-4,6,8,10-11H2,1H3/t12?,14-,15?,17?,18?,19?,21?,22+,23+/m1/s1. The Morgan fingerprint density at radius 2 is 2.04 bits per heavy atom. The number of esters is 1. The molecular formula is C23H28O4. The Labute approximate surface area is 160 Å². The molecule has 1 N–H and O–H groups in total. The molecule has 5 aliphatic carbocycles. The topological polar surface area (TPSA) is 63.6 Å². The highest BCUT2D eigenvalue weighted by Crippen LogP contribution is 2.77. The molecule has 0 amide bonds. The van der Waals surface area contributed by atoms with Gasteiger partial charge in [-0.1, -0.05) is 12.5 Å². The number of aliphatic hydroxyl groups excluding tert-OH is 1. The maximum Gasteiger partial charge on any atom is 0.331 e. The molecule has 4 heteroatoms. The number of ketones is 1. The molecule has 1 aliphatic heterocycles. The zero-order valence-electron chi connectivity index (χ0n) is 15.9. The summed E-state index contributed by atoms with van der Waals surface area (Å²) in [4.78, 5) is 24.0. The van der Waals surface area contributed by atoms with E-state index in [4.69, 9.17) is 4.74 Å². The minimum atomic E-state index is -0.377. The quantitative estimate of drug-likeness (QED) is 0.723. The Balaban J connectivity index is 1.40. The van der Waals surface area contributed by atoms with E-state index in [0.717, 1.165) is 25.7 Å². The fraction of sp³-hybridized carbons (Fsp3) is 0.739. The van der Waals surface area contributed by atoms with Crippen molar-refractivity contribution >= 4 is 11.8 Å². The lowest BCUT2D eigenvalue weighted by atomic mass is 9.48. The first-order valence-electron chi connectivity index (χ1n) is 10.8. The van der Waals surface area contributed by atoms with Gasteiger partial charge >= 0.3 is 5.97 Å². The van der Waals surface area contributed by atoms with E-state index in [2.05, 4.69) is 13.0 Å². The smallest absolute Gasteiger partial charge is 0.331 e. The van der Waals surface area contributed by atoms with Gasteiger partial charge in [0.2, 0.25) is 0 Å². The zero-order valence-corrected chi connectivity index (χ0v) is 15.9. The van der Waals surface area contributed by atoms with Crippen molar-refractivity contribution in [3.05, 3.63) is 23.8 Å². The Morgan fingerprint density at radius 3 is 2.78 bits per heavy atom. The lowest BCUT2D eigenvalue weighted by Gasteiger charge is -2.58. The van der Waals surface area contributed by atoms with Crippen LogP contribution in [0.5, 0.6) is 0 Å². The molecule has 4 saturated carbocycles. The third-order valence-electron chi connectivity index (χ3n) is 9.45. The summed E-state index contributed by atoms with van der Waals surface area (Å²) in [6.45, 7) is 2.52. The molecule has 0 aromatic rings. The Kier molecular flexibility index (Phi) is 3.14. The molecule has 0 aromatic heterocycles. The van der Waals surface area contributed by atoms with E-state index in [1.54, 1.807) is 6.08 Å². The van der Waals surface area contributed by atoms with Gasteiger partial charge in [-0.05, 0) is 73.8 Å². The molecule has 0 saturated heterocycles. The van der Waals surface area contributed by atoms with Crippen LogP contribution in [0.3, 0.4) is 0 Å². The fourth-order valence-electron chi connectivity index (χ4n) is 8.47. The van der Waals surface area contributed by atoms with E-state index < -0.39 is 0 Å². The maximum atomic E-state index is 12.0. The van der Waals surface area contributed by atoms with E-state index >= 15 is 0 Å². The summed E-state index contributed by atoms with van der Waals surface area (Å²) in [6, 6.07) is 0. The Bertz CT molecular complexity index is 796. The summed E-state index contributed by atoms with van der Waals surface area (Å²) in [6.07, 6.45) is 11.7. The third-order valence-corrected chi connectivity index (χ3v) is 9.45. The van der Waals surface area contributed by atoms with Crippen molar-refractivity contribution in [1.29, 1.82) is 0 Å². The second-order valence-corrected chi connectivity index (χ2v) is 10.2. The van der Waals surface area contributed by atoms with Gasteiger partial charge in [-0.25, -0.2) is 4.79 Å². The summed E-state index contributed by atoms with van der Waals surface area (Å²) in [5.41, 5.74) is 0.888. The number of ether oxygens (including phenoxy) is 1. The molecule has 4 fully saturated rings. The van der Waals surface area contributed by atoms with E-state index in [1.807, 2.05) is 6.08 Å². The highest BCUT2D eigenvalue weighted by atomic mass is 16.6. The number of carbonyl (C=O) groups is 2. The van der Waals surface area contributed by atoms with Gasteiger partial charge in [0.15, 0.2) is 5.78 Å². The lowest BCUT2D eigenvalue weighted by Crippen LogP contribution is -2.55. The average molecular weight is 368 g/mol. The summed E-state index contributed by atoms with van der Waals surface area (Å²) in [5.74, 6) is 3.61. The number of hydrogen-bond acceptors (Lipinski definition) is 4. The van der Waals surface area contributed by atoms with Crippen LogP contribution in [-0.4, -0.2) is 29.1 Å². The first-order chi connectivity index (χ1) is 13.0. The van der Waals surface area contributed by atoms with Gasteiger partial charge in [0, 0.05) is 36.4 Å². The summed E-state index contributed by atoms with van der Waals surface area (Å²) in [7, 11) is 0. The van der Waals surface area contributed by atoms with Gasteiger partial charge < -0.3 is 9.84 Å². The van der Waals surface area contributed by atoms with Crippen molar-refractivity contribution in [1.82, 2.24) is 0 Å². The first kappa shape index (κ1) is 16.5. The molecule has 27 heavy (non-hydrogen) atoms. The molecule has 4 nitrogen and oxygen atoms in total. The van der Waals surface area contributed by atoms with Crippen molar-refractivity contribution in [2.24, 2.45) is 46.8 Å². The van der Waals surface area contributed by atoms with Crippen LogP contribution in [0.2, 0.25) is 0 Å². The van der Waals surface area contributed by atoms with Gasteiger partial charge in [0.05, 0.1) is 0 Å². The highest BCUT2D eigenvalue weighted by molar-refractivity contribution is 5.91. The van der Waals surface area contributed by atoms with Crippen molar-refractivity contribution in [2.45, 2.75) is 51.0 Å². The van der Waals surface area contributed by atoms with Crippen LogP contribution in [0.1, 0.15) is 45.4 Å². The first-order valence-corrected chi connectivity index (χ1v) is 10.8. The van der Waals surface area contributed by atoms with Crippen LogP contribution in [0.15, 0.2) is 23.8 Å². The van der Waals surface area contributed by atoms with Crippen molar-refractivity contribution in [3.8, 4) is 0 Å². The van der Waals surface area contributed by atoms with Crippen LogP contribution in [0, 0.1) is 46.8 Å². The minimum Gasteiger partial charge on any atom is -0.451 e. The predicted octanol–water partition coefficient (Wildman–Crippen LogP) is 3.05. The van der Waals surface area contributed by atoms with Crippen LogP contribution >= 0.6 is 0 Å². The van der Waals surface area contributed by atoms with Crippen LogP contribution in [-0.2, 0) is 14.3 Å². The SMILES string of the molecule is C[C@]12CCC3C(CC(CO)C4=CC(=O)CC[C@@H]43)C1C1CC1[C@@]21C=CC(=O)O1. The van der Waals surface area contributed by atoms with Crippen LogP contribution in [0.25, 0.3) is 0 Å². The molecule has 6 unspecified atom stereocenters. The average Bonchev–Trinajstić information content (AvgIpc) is 3.29. The Hall–Kier alpha value is -1.42. The zero-order chi connectivity index (χ0) is 18.6. The largest absolute Gasteiger partial charge is 0.451 e. The molecule has 9 atom stereocenters. The van der Waals surface area contributed by atoms with Gasteiger partial charge in [0.1, 0.15) is 5.60 Å². The van der Waals surface area contributed by atoms with E-state index in [9.17, 15) is 14.7 Å². The molecule has 0 aromatic carbocycles. The molecule has 1 spiro atoms. The Morgan fingerprint density at radius 1 is 1.19 bits per heavy atom. The fourth-order valence-corrected chi connectivity index (χ4v) is 8.47. The second-order valence-electron chi connectivity index (χ2n) is 10.2. The third kappa shape index (κ3) is 1.88. The van der Waals surface area contributed by atoms with Crippen molar-refractivity contribution < 1.29 is 19.4 Å². The lowest BCUT2D eigenvalue weighted by molar-refractivity contribution is -0.168. The van der Waals surface area contributed by atoms with Gasteiger partial charge in [-0.3, -0.25) is 4.79 Å². The molecule has 0 radical (unpaired) electrons. The minimum absolute atomic E-state index is 0.0239. The number of aliphatic hydroxyl groups is 1. The van der Waals surface area contributed by atoms with Gasteiger partial charge in [-0.15, -0.1) is 0 Å². The predicted molar refractivity (Wildman–Crippen MR) is 98.4 cm³/mol. The monoisotopic (exact) mass is 368 g/mol.